The first-order chi connectivity index (χ1) is 10.0. The molecule has 1 unspecified atom stereocenters. The second-order valence-electron chi connectivity index (χ2n) is 5.10. The molecule has 2 atom stereocenters. The molecule has 0 amide bonds. The van der Waals surface area contributed by atoms with Crippen molar-refractivity contribution in [3.8, 4) is 5.75 Å². The summed E-state index contributed by atoms with van der Waals surface area (Å²) >= 11 is 0. The number of benzene rings is 2. The SMILES string of the molecule is N[C@H]1CC(c2cccc(C(F)F)c2)Oc2cc(F)ccc21. The Kier molecular flexibility index (Phi) is 3.59. The summed E-state index contributed by atoms with van der Waals surface area (Å²) in [6.45, 7) is 0. The number of hydrogen-bond acceptors (Lipinski definition) is 2. The Morgan fingerprint density at radius 1 is 1.14 bits per heavy atom. The van der Waals surface area contributed by atoms with Crippen molar-refractivity contribution in [2.75, 3.05) is 0 Å². The molecule has 0 radical (unpaired) electrons. The van der Waals surface area contributed by atoms with Gasteiger partial charge >= 0.3 is 0 Å². The van der Waals surface area contributed by atoms with Crippen molar-refractivity contribution < 1.29 is 17.9 Å². The van der Waals surface area contributed by atoms with Gasteiger partial charge in [0.1, 0.15) is 17.7 Å². The summed E-state index contributed by atoms with van der Waals surface area (Å²) in [4.78, 5) is 0. The molecule has 1 heterocycles. The fraction of sp³-hybridized carbons (Fsp3) is 0.250. The minimum atomic E-state index is -2.54. The van der Waals surface area contributed by atoms with Crippen LogP contribution in [0.25, 0.3) is 0 Å². The van der Waals surface area contributed by atoms with Crippen LogP contribution in [0.5, 0.6) is 5.75 Å². The van der Waals surface area contributed by atoms with Crippen molar-refractivity contribution in [1.82, 2.24) is 0 Å². The van der Waals surface area contributed by atoms with Crippen molar-refractivity contribution in [3.05, 3.63) is 65.0 Å². The molecule has 2 N–H and O–H groups in total. The van der Waals surface area contributed by atoms with Crippen LogP contribution in [0, 0.1) is 5.82 Å². The van der Waals surface area contributed by atoms with Crippen LogP contribution in [0.1, 0.15) is 41.7 Å². The van der Waals surface area contributed by atoms with E-state index in [1.54, 1.807) is 18.2 Å². The van der Waals surface area contributed by atoms with Gasteiger partial charge in [0.25, 0.3) is 6.43 Å². The Bertz CT molecular complexity index is 660. The van der Waals surface area contributed by atoms with Gasteiger partial charge in [-0.2, -0.15) is 0 Å². The smallest absolute Gasteiger partial charge is 0.263 e. The van der Waals surface area contributed by atoms with Crippen molar-refractivity contribution in [2.45, 2.75) is 25.0 Å². The van der Waals surface area contributed by atoms with Gasteiger partial charge in [0.2, 0.25) is 0 Å². The normalized spacial score (nSPS) is 21.0. The van der Waals surface area contributed by atoms with Crippen LogP contribution in [0.15, 0.2) is 42.5 Å². The Labute approximate surface area is 120 Å². The van der Waals surface area contributed by atoms with E-state index in [-0.39, 0.29) is 11.6 Å². The number of halogens is 3. The van der Waals surface area contributed by atoms with Crippen LogP contribution in [-0.4, -0.2) is 0 Å². The van der Waals surface area contributed by atoms with E-state index in [4.69, 9.17) is 10.5 Å². The van der Waals surface area contributed by atoms with Crippen molar-refractivity contribution in [2.24, 2.45) is 5.73 Å². The predicted octanol–water partition coefficient (Wildman–Crippen LogP) is 4.29. The molecular formula is C16H14F3NO. The van der Waals surface area contributed by atoms with Gasteiger partial charge in [-0.05, 0) is 17.7 Å². The molecule has 110 valence electrons. The number of rotatable bonds is 2. The van der Waals surface area contributed by atoms with Crippen molar-refractivity contribution >= 4 is 0 Å². The van der Waals surface area contributed by atoms with Crippen molar-refractivity contribution in [1.29, 1.82) is 0 Å². The molecule has 5 heteroatoms. The van der Waals surface area contributed by atoms with E-state index in [2.05, 4.69) is 0 Å². The first-order valence-corrected chi connectivity index (χ1v) is 6.64. The summed E-state index contributed by atoms with van der Waals surface area (Å²) in [6.07, 6.45) is -2.52. The Hall–Kier alpha value is -2.01. The Balaban J connectivity index is 1.93. The van der Waals surface area contributed by atoms with Gasteiger partial charge in [-0.25, -0.2) is 13.2 Å². The van der Waals surface area contributed by atoms with E-state index in [1.807, 2.05) is 0 Å². The summed E-state index contributed by atoms with van der Waals surface area (Å²) in [5.41, 5.74) is 7.37. The molecule has 2 aromatic rings. The largest absolute Gasteiger partial charge is 0.485 e. The Morgan fingerprint density at radius 3 is 2.71 bits per heavy atom. The highest BCUT2D eigenvalue weighted by molar-refractivity contribution is 5.40. The van der Waals surface area contributed by atoms with E-state index < -0.39 is 18.3 Å². The minimum Gasteiger partial charge on any atom is -0.485 e. The van der Waals surface area contributed by atoms with Gasteiger partial charge in [0.15, 0.2) is 0 Å². The number of fused-ring (bicyclic) bond motifs is 1. The molecule has 0 aliphatic carbocycles. The number of alkyl halides is 2. The fourth-order valence-corrected chi connectivity index (χ4v) is 2.57. The lowest BCUT2D eigenvalue weighted by molar-refractivity contribution is 0.148. The van der Waals surface area contributed by atoms with Gasteiger partial charge in [0, 0.05) is 29.7 Å². The molecule has 0 spiro atoms. The molecule has 1 aliphatic heterocycles. The topological polar surface area (TPSA) is 35.2 Å². The maximum atomic E-state index is 13.3. The molecule has 0 bridgehead atoms. The molecule has 2 nitrogen and oxygen atoms in total. The first kappa shape index (κ1) is 13.9. The summed E-state index contributed by atoms with van der Waals surface area (Å²) in [7, 11) is 0. The second-order valence-corrected chi connectivity index (χ2v) is 5.10. The lowest BCUT2D eigenvalue weighted by Crippen LogP contribution is -2.24. The summed E-state index contributed by atoms with van der Waals surface area (Å²) < 4.78 is 44.6. The van der Waals surface area contributed by atoms with Crippen LogP contribution in [0.2, 0.25) is 0 Å². The zero-order valence-electron chi connectivity index (χ0n) is 11.1. The summed E-state index contributed by atoms with van der Waals surface area (Å²) in [5, 5.41) is 0. The molecule has 0 saturated carbocycles. The zero-order chi connectivity index (χ0) is 15.0. The van der Waals surface area contributed by atoms with Gasteiger partial charge < -0.3 is 10.5 Å². The van der Waals surface area contributed by atoms with Crippen LogP contribution in [0.3, 0.4) is 0 Å². The van der Waals surface area contributed by atoms with E-state index in [0.29, 0.717) is 17.7 Å². The molecule has 0 saturated heterocycles. The third kappa shape index (κ3) is 2.74. The molecule has 0 fully saturated rings. The average molecular weight is 293 g/mol. The second kappa shape index (κ2) is 5.41. The summed E-state index contributed by atoms with van der Waals surface area (Å²) in [5.74, 6) is -0.0378. The number of nitrogens with two attached hydrogens (primary N) is 1. The standard InChI is InChI=1S/C16H14F3NO/c17-11-4-5-12-13(20)8-14(21-15(12)7-11)9-2-1-3-10(6-9)16(18)19/h1-7,13-14,16H,8,20H2/t13-,14?/m0/s1. The highest BCUT2D eigenvalue weighted by Gasteiger charge is 2.27. The number of hydrogen-bond donors (Lipinski definition) is 1. The maximum absolute atomic E-state index is 13.3. The molecule has 2 aromatic carbocycles. The van der Waals surface area contributed by atoms with Crippen LogP contribution < -0.4 is 10.5 Å². The molecule has 21 heavy (non-hydrogen) atoms. The van der Waals surface area contributed by atoms with Crippen LogP contribution in [0.4, 0.5) is 13.2 Å². The molecule has 1 aliphatic rings. The average Bonchev–Trinajstić information content (AvgIpc) is 2.46. The third-order valence-electron chi connectivity index (χ3n) is 3.65. The minimum absolute atomic E-state index is 0.0605. The maximum Gasteiger partial charge on any atom is 0.263 e. The molecular weight excluding hydrogens is 279 g/mol. The molecule has 0 aromatic heterocycles. The monoisotopic (exact) mass is 293 g/mol. The quantitative estimate of drug-likeness (QED) is 0.896. The highest BCUT2D eigenvalue weighted by Crippen LogP contribution is 2.40. The molecule has 3 rings (SSSR count). The highest BCUT2D eigenvalue weighted by atomic mass is 19.3. The predicted molar refractivity (Wildman–Crippen MR) is 72.7 cm³/mol. The van der Waals surface area contributed by atoms with Gasteiger partial charge in [0.05, 0.1) is 0 Å². The first-order valence-electron chi connectivity index (χ1n) is 6.64. The van der Waals surface area contributed by atoms with E-state index >= 15 is 0 Å². The van der Waals surface area contributed by atoms with Crippen molar-refractivity contribution in [3.63, 3.8) is 0 Å². The van der Waals surface area contributed by atoms with Crippen LogP contribution in [-0.2, 0) is 0 Å². The lowest BCUT2D eigenvalue weighted by atomic mass is 9.93. The number of ether oxygens (including phenoxy) is 1. The fourth-order valence-electron chi connectivity index (χ4n) is 2.57. The zero-order valence-corrected chi connectivity index (χ0v) is 11.1. The van der Waals surface area contributed by atoms with Gasteiger partial charge in [-0.1, -0.05) is 24.3 Å². The van der Waals surface area contributed by atoms with Crippen LogP contribution >= 0.6 is 0 Å². The van der Waals surface area contributed by atoms with E-state index in [9.17, 15) is 13.2 Å². The lowest BCUT2D eigenvalue weighted by Gasteiger charge is -2.30. The third-order valence-corrected chi connectivity index (χ3v) is 3.65. The Morgan fingerprint density at radius 2 is 1.95 bits per heavy atom. The van der Waals surface area contributed by atoms with Gasteiger partial charge in [-0.3, -0.25) is 0 Å². The van der Waals surface area contributed by atoms with E-state index in [0.717, 1.165) is 5.56 Å². The van der Waals surface area contributed by atoms with E-state index in [1.165, 1.54) is 24.3 Å². The van der Waals surface area contributed by atoms with Gasteiger partial charge in [-0.15, -0.1) is 0 Å². The summed E-state index contributed by atoms with van der Waals surface area (Å²) in [6, 6.07) is 9.95.